The van der Waals surface area contributed by atoms with Crippen molar-refractivity contribution >= 4 is 0 Å². The topological polar surface area (TPSA) is 9.23 Å². The summed E-state index contributed by atoms with van der Waals surface area (Å²) >= 11 is 0. The van der Waals surface area contributed by atoms with Gasteiger partial charge in [0.05, 0.1) is 6.61 Å². The summed E-state index contributed by atoms with van der Waals surface area (Å²) in [6.07, 6.45) is 10.9. The van der Waals surface area contributed by atoms with Gasteiger partial charge in [-0.15, -0.1) is 0 Å². The Morgan fingerprint density at radius 2 is 1.65 bits per heavy atom. The van der Waals surface area contributed by atoms with E-state index in [9.17, 15) is 0 Å². The first-order chi connectivity index (χ1) is 9.83. The van der Waals surface area contributed by atoms with Gasteiger partial charge in [-0.2, -0.15) is 0 Å². The van der Waals surface area contributed by atoms with E-state index in [0.717, 1.165) is 30.6 Å². The Morgan fingerprint density at radius 3 is 2.25 bits per heavy atom. The fraction of sp³-hybridized carbons (Fsp3) is 0.684. The first kappa shape index (κ1) is 15.4. The highest BCUT2D eigenvalue weighted by Gasteiger charge is 2.21. The minimum Gasteiger partial charge on any atom is -0.494 e. The van der Waals surface area contributed by atoms with Gasteiger partial charge in [0.1, 0.15) is 5.75 Å². The summed E-state index contributed by atoms with van der Waals surface area (Å²) in [7, 11) is 0. The van der Waals surface area contributed by atoms with Crippen molar-refractivity contribution in [1.82, 2.24) is 0 Å². The van der Waals surface area contributed by atoms with Crippen molar-refractivity contribution < 1.29 is 4.74 Å². The van der Waals surface area contributed by atoms with Crippen LogP contribution in [-0.2, 0) is 0 Å². The molecular weight excluding hydrogens is 244 g/mol. The molecule has 1 saturated carbocycles. The highest BCUT2D eigenvalue weighted by molar-refractivity contribution is 5.29. The molecule has 0 aliphatic heterocycles. The van der Waals surface area contributed by atoms with Gasteiger partial charge < -0.3 is 4.74 Å². The van der Waals surface area contributed by atoms with E-state index in [0.29, 0.717) is 0 Å². The molecule has 1 aromatic carbocycles. The summed E-state index contributed by atoms with van der Waals surface area (Å²) in [6.45, 7) is 5.26. The molecule has 1 nitrogen and oxygen atoms in total. The predicted octanol–water partition coefficient (Wildman–Crippen LogP) is 5.94. The van der Waals surface area contributed by atoms with Crippen molar-refractivity contribution in [2.24, 2.45) is 5.92 Å². The molecule has 0 heterocycles. The molecule has 2 rings (SSSR count). The van der Waals surface area contributed by atoms with Crippen molar-refractivity contribution in [3.8, 4) is 5.75 Å². The zero-order valence-corrected chi connectivity index (χ0v) is 13.2. The molecule has 0 N–H and O–H groups in total. The predicted molar refractivity (Wildman–Crippen MR) is 86.5 cm³/mol. The van der Waals surface area contributed by atoms with Crippen LogP contribution in [0.4, 0.5) is 0 Å². The molecule has 0 atom stereocenters. The average molecular weight is 274 g/mol. The van der Waals surface area contributed by atoms with Gasteiger partial charge in [0.2, 0.25) is 0 Å². The largest absolute Gasteiger partial charge is 0.494 e. The van der Waals surface area contributed by atoms with E-state index >= 15 is 0 Å². The summed E-state index contributed by atoms with van der Waals surface area (Å²) in [6, 6.07) is 8.85. The lowest BCUT2D eigenvalue weighted by Crippen LogP contribution is -2.13. The van der Waals surface area contributed by atoms with Crippen molar-refractivity contribution in [1.29, 1.82) is 0 Å². The second-order valence-corrected chi connectivity index (χ2v) is 6.28. The van der Waals surface area contributed by atoms with Crippen LogP contribution >= 0.6 is 0 Å². The Balaban J connectivity index is 1.81. The van der Waals surface area contributed by atoms with Crippen molar-refractivity contribution in [2.45, 2.75) is 71.1 Å². The smallest absolute Gasteiger partial charge is 0.119 e. The lowest BCUT2D eigenvalue weighted by molar-refractivity contribution is 0.303. The van der Waals surface area contributed by atoms with Crippen LogP contribution in [-0.4, -0.2) is 6.61 Å². The lowest BCUT2D eigenvalue weighted by Gasteiger charge is -2.28. The maximum atomic E-state index is 5.66. The van der Waals surface area contributed by atoms with Crippen molar-refractivity contribution in [3.05, 3.63) is 29.8 Å². The SMILES string of the molecule is CCCCC1CCC(c2ccc(OCCC)cc2)CC1. The molecule has 0 unspecified atom stereocenters. The number of hydrogen-bond acceptors (Lipinski definition) is 1. The van der Waals surface area contributed by atoms with E-state index in [1.54, 1.807) is 0 Å². The molecule has 0 bridgehead atoms. The van der Waals surface area contributed by atoms with Gasteiger partial charge >= 0.3 is 0 Å². The molecule has 20 heavy (non-hydrogen) atoms. The molecule has 0 aromatic heterocycles. The highest BCUT2D eigenvalue weighted by Crippen LogP contribution is 2.38. The summed E-state index contributed by atoms with van der Waals surface area (Å²) in [5.74, 6) is 2.80. The minimum absolute atomic E-state index is 0.785. The number of ether oxygens (including phenoxy) is 1. The second-order valence-electron chi connectivity index (χ2n) is 6.28. The maximum absolute atomic E-state index is 5.66. The second kappa shape index (κ2) is 8.34. The van der Waals surface area contributed by atoms with Gasteiger partial charge in [0.15, 0.2) is 0 Å². The monoisotopic (exact) mass is 274 g/mol. The van der Waals surface area contributed by atoms with Gasteiger partial charge in [0.25, 0.3) is 0 Å². The molecule has 0 amide bonds. The van der Waals surface area contributed by atoms with Gasteiger partial charge in [-0.25, -0.2) is 0 Å². The van der Waals surface area contributed by atoms with Crippen LogP contribution in [0.25, 0.3) is 0 Å². The summed E-state index contributed by atoms with van der Waals surface area (Å²) in [5.41, 5.74) is 1.52. The van der Waals surface area contributed by atoms with E-state index in [-0.39, 0.29) is 0 Å². The minimum atomic E-state index is 0.785. The van der Waals surface area contributed by atoms with Crippen LogP contribution in [0.5, 0.6) is 5.75 Å². The van der Waals surface area contributed by atoms with Crippen LogP contribution in [0.15, 0.2) is 24.3 Å². The molecular formula is C19H30O. The van der Waals surface area contributed by atoms with E-state index in [2.05, 4.69) is 38.1 Å². The van der Waals surface area contributed by atoms with Crippen LogP contribution in [0.1, 0.15) is 76.7 Å². The fourth-order valence-corrected chi connectivity index (χ4v) is 3.33. The molecule has 1 aliphatic carbocycles. The third-order valence-electron chi connectivity index (χ3n) is 4.64. The van der Waals surface area contributed by atoms with E-state index in [4.69, 9.17) is 4.74 Å². The summed E-state index contributed by atoms with van der Waals surface area (Å²) in [4.78, 5) is 0. The van der Waals surface area contributed by atoms with E-state index in [1.165, 1.54) is 50.5 Å². The molecule has 0 saturated heterocycles. The Bertz CT molecular complexity index is 360. The number of unbranched alkanes of at least 4 members (excludes halogenated alkanes) is 1. The number of rotatable bonds is 7. The van der Waals surface area contributed by atoms with Gasteiger partial charge in [-0.3, -0.25) is 0 Å². The zero-order chi connectivity index (χ0) is 14.2. The first-order valence-electron chi connectivity index (χ1n) is 8.56. The summed E-state index contributed by atoms with van der Waals surface area (Å²) in [5, 5.41) is 0. The molecule has 0 spiro atoms. The summed E-state index contributed by atoms with van der Waals surface area (Å²) < 4.78 is 5.66. The standard InChI is InChI=1S/C19H30O/c1-3-5-6-16-7-9-17(10-8-16)18-11-13-19(14-12-18)20-15-4-2/h11-14,16-17H,3-10,15H2,1-2H3. The third kappa shape index (κ3) is 4.54. The molecule has 1 fully saturated rings. The zero-order valence-electron chi connectivity index (χ0n) is 13.2. The molecule has 1 aromatic rings. The highest BCUT2D eigenvalue weighted by atomic mass is 16.5. The average Bonchev–Trinajstić information content (AvgIpc) is 2.52. The Kier molecular flexibility index (Phi) is 6.42. The Hall–Kier alpha value is -0.980. The fourth-order valence-electron chi connectivity index (χ4n) is 3.33. The first-order valence-corrected chi connectivity index (χ1v) is 8.56. The van der Waals surface area contributed by atoms with Crippen molar-refractivity contribution in [3.63, 3.8) is 0 Å². The van der Waals surface area contributed by atoms with Gasteiger partial charge in [-0.1, -0.05) is 45.2 Å². The Morgan fingerprint density at radius 1 is 0.950 bits per heavy atom. The molecule has 112 valence electrons. The normalized spacial score (nSPS) is 22.7. The quantitative estimate of drug-likeness (QED) is 0.598. The van der Waals surface area contributed by atoms with Crippen LogP contribution in [0, 0.1) is 5.92 Å². The van der Waals surface area contributed by atoms with Crippen LogP contribution in [0.2, 0.25) is 0 Å². The molecule has 1 aliphatic rings. The van der Waals surface area contributed by atoms with E-state index in [1.807, 2.05) is 0 Å². The van der Waals surface area contributed by atoms with Gasteiger partial charge in [-0.05, 0) is 61.6 Å². The number of hydrogen-bond donors (Lipinski definition) is 0. The lowest BCUT2D eigenvalue weighted by atomic mass is 9.77. The van der Waals surface area contributed by atoms with E-state index < -0.39 is 0 Å². The van der Waals surface area contributed by atoms with Gasteiger partial charge in [0, 0.05) is 0 Å². The maximum Gasteiger partial charge on any atom is 0.119 e. The third-order valence-corrected chi connectivity index (χ3v) is 4.64. The number of benzene rings is 1. The molecule has 0 radical (unpaired) electrons. The van der Waals surface area contributed by atoms with Crippen molar-refractivity contribution in [2.75, 3.05) is 6.61 Å². The van der Waals surface area contributed by atoms with Crippen LogP contribution in [0.3, 0.4) is 0 Å². The Labute approximate surface area is 124 Å². The van der Waals surface area contributed by atoms with Crippen LogP contribution < -0.4 is 4.74 Å². The molecule has 1 heteroatoms.